The monoisotopic (exact) mass is 437 g/mol. The van der Waals surface area contributed by atoms with Gasteiger partial charge in [0, 0.05) is 63.5 Å². The maximum absolute atomic E-state index is 12.7. The van der Waals surface area contributed by atoms with E-state index in [0.717, 1.165) is 75.5 Å². The number of piperidine rings is 2. The number of hydrogen-bond acceptors (Lipinski definition) is 6. The second-order valence-corrected chi connectivity index (χ2v) is 10.4. The van der Waals surface area contributed by atoms with Gasteiger partial charge in [-0.3, -0.25) is 9.69 Å². The van der Waals surface area contributed by atoms with Gasteiger partial charge in [-0.15, -0.1) is 0 Å². The van der Waals surface area contributed by atoms with E-state index in [-0.39, 0.29) is 5.92 Å². The van der Waals surface area contributed by atoms with Crippen molar-refractivity contribution in [2.45, 2.75) is 51.1 Å². The molecule has 172 valence electrons. The van der Waals surface area contributed by atoms with Crippen LogP contribution >= 0.6 is 0 Å². The van der Waals surface area contributed by atoms with Crippen molar-refractivity contribution in [3.05, 3.63) is 24.1 Å². The summed E-state index contributed by atoms with van der Waals surface area (Å²) in [6.45, 7) is 8.41. The quantitative estimate of drug-likeness (QED) is 0.769. The Kier molecular flexibility index (Phi) is 5.34. The number of nitrogens with one attached hydrogen (secondary N) is 2. The third-order valence-corrected chi connectivity index (χ3v) is 8.38. The Morgan fingerprint density at radius 2 is 2.03 bits per heavy atom. The minimum absolute atomic E-state index is 0.203. The predicted octanol–water partition coefficient (Wildman–Crippen LogP) is 2.54. The number of hydrogen-bond donors (Lipinski definition) is 2. The lowest BCUT2D eigenvalue weighted by atomic mass is 9.67. The molecule has 0 bridgehead atoms. The van der Waals surface area contributed by atoms with Crippen LogP contribution in [-0.2, 0) is 4.79 Å². The Morgan fingerprint density at radius 3 is 2.91 bits per heavy atom. The molecular formula is C25H35N5O2. The summed E-state index contributed by atoms with van der Waals surface area (Å²) in [5.41, 5.74) is 3.04. The van der Waals surface area contributed by atoms with Gasteiger partial charge < -0.3 is 20.0 Å². The van der Waals surface area contributed by atoms with Gasteiger partial charge in [-0.25, -0.2) is 4.98 Å². The lowest BCUT2D eigenvalue weighted by molar-refractivity contribution is -0.133. The van der Waals surface area contributed by atoms with Crippen molar-refractivity contribution in [3.63, 3.8) is 0 Å². The largest absolute Gasteiger partial charge is 0.441 e. The summed E-state index contributed by atoms with van der Waals surface area (Å²) in [7, 11) is 0. The molecule has 2 N–H and O–H groups in total. The highest BCUT2D eigenvalue weighted by Gasteiger charge is 2.47. The van der Waals surface area contributed by atoms with Gasteiger partial charge in [-0.05, 0) is 62.6 Å². The zero-order valence-corrected chi connectivity index (χ0v) is 19.1. The normalized spacial score (nSPS) is 33.6. The van der Waals surface area contributed by atoms with Gasteiger partial charge in [-0.2, -0.15) is 0 Å². The second kappa shape index (κ2) is 8.34. The maximum atomic E-state index is 12.7. The Bertz CT molecular complexity index is 982. The second-order valence-electron chi connectivity index (χ2n) is 10.4. The van der Waals surface area contributed by atoms with Crippen molar-refractivity contribution < 1.29 is 9.21 Å². The van der Waals surface area contributed by atoms with E-state index >= 15 is 0 Å². The number of piperazine rings is 1. The Morgan fingerprint density at radius 1 is 1.16 bits per heavy atom. The molecule has 5 unspecified atom stereocenters. The van der Waals surface area contributed by atoms with Crippen LogP contribution in [0.25, 0.3) is 11.1 Å². The number of carbonyl (C=O) groups excluding carboxylic acids is 1. The average molecular weight is 438 g/mol. The Hall–Kier alpha value is -2.12. The highest BCUT2D eigenvalue weighted by atomic mass is 16.3. The molecule has 1 amide bonds. The van der Waals surface area contributed by atoms with Crippen molar-refractivity contribution >= 4 is 22.7 Å². The standard InChI is InChI=1S/C25H35N5O2/c1-16-27-21-7-5-18(14-23(21)32-16)30-11-9-29(10-12-30)15-17-4-6-19-22(13-17)28-25(31)20-3-2-8-26-24(19)20/h5,7,14,17,19-20,22,24,26H,2-4,6,8-13,15H2,1H3,(H,28,31). The van der Waals surface area contributed by atoms with E-state index in [0.29, 0.717) is 29.8 Å². The lowest BCUT2D eigenvalue weighted by Gasteiger charge is -2.50. The molecule has 6 rings (SSSR count). The summed E-state index contributed by atoms with van der Waals surface area (Å²) in [5.74, 6) is 2.55. The molecule has 1 aliphatic carbocycles. The molecule has 2 aromatic rings. The Labute approximate surface area is 189 Å². The van der Waals surface area contributed by atoms with E-state index in [1.807, 2.05) is 6.92 Å². The number of rotatable bonds is 3. The number of nitrogens with zero attached hydrogens (tertiary/aromatic N) is 3. The first kappa shape index (κ1) is 20.5. The minimum atomic E-state index is 0.203. The highest BCUT2D eigenvalue weighted by Crippen LogP contribution is 2.39. The molecule has 7 nitrogen and oxygen atoms in total. The molecule has 3 aliphatic heterocycles. The smallest absolute Gasteiger partial charge is 0.224 e. The van der Waals surface area contributed by atoms with Crippen LogP contribution < -0.4 is 15.5 Å². The van der Waals surface area contributed by atoms with Gasteiger partial charge in [0.2, 0.25) is 5.91 Å². The number of oxazole rings is 1. The summed E-state index contributed by atoms with van der Waals surface area (Å²) in [6.07, 6.45) is 5.88. The summed E-state index contributed by atoms with van der Waals surface area (Å²) in [4.78, 5) is 22.2. The van der Waals surface area contributed by atoms with Crippen molar-refractivity contribution in [1.29, 1.82) is 0 Å². The number of benzene rings is 1. The SMILES string of the molecule is Cc1nc2ccc(N3CCN(CC4CCC5C(C4)NC(=O)C4CCCNC45)CC3)cc2o1. The average Bonchev–Trinajstić information content (AvgIpc) is 3.19. The molecule has 4 heterocycles. The van der Waals surface area contributed by atoms with Gasteiger partial charge in [-0.1, -0.05) is 0 Å². The van der Waals surface area contributed by atoms with E-state index < -0.39 is 0 Å². The van der Waals surface area contributed by atoms with E-state index in [4.69, 9.17) is 4.42 Å². The molecule has 1 aromatic carbocycles. The first-order chi connectivity index (χ1) is 15.6. The third kappa shape index (κ3) is 3.79. The third-order valence-electron chi connectivity index (χ3n) is 8.38. The van der Waals surface area contributed by atoms with Crippen LogP contribution in [0.4, 0.5) is 5.69 Å². The van der Waals surface area contributed by atoms with Crippen LogP contribution in [0.15, 0.2) is 22.6 Å². The number of fused-ring (bicyclic) bond motifs is 4. The fourth-order valence-electron chi connectivity index (χ4n) is 6.77. The van der Waals surface area contributed by atoms with Crippen molar-refractivity contribution in [2.24, 2.45) is 17.8 Å². The number of aryl methyl sites for hydroxylation is 1. The first-order valence-corrected chi connectivity index (χ1v) is 12.5. The predicted molar refractivity (Wildman–Crippen MR) is 125 cm³/mol. The van der Waals surface area contributed by atoms with Crippen molar-refractivity contribution in [3.8, 4) is 0 Å². The van der Waals surface area contributed by atoms with Gasteiger partial charge >= 0.3 is 0 Å². The summed E-state index contributed by atoms with van der Waals surface area (Å²) < 4.78 is 5.72. The van der Waals surface area contributed by atoms with Gasteiger partial charge in [0.05, 0.1) is 5.92 Å². The number of amides is 1. The first-order valence-electron chi connectivity index (χ1n) is 12.5. The zero-order valence-electron chi connectivity index (χ0n) is 19.1. The fraction of sp³-hybridized carbons (Fsp3) is 0.680. The molecule has 4 aliphatic rings. The summed E-state index contributed by atoms with van der Waals surface area (Å²) in [6, 6.07) is 7.14. The van der Waals surface area contributed by atoms with Crippen molar-refractivity contribution in [2.75, 3.05) is 44.2 Å². The molecule has 1 saturated carbocycles. The zero-order chi connectivity index (χ0) is 21.7. The number of carbonyl (C=O) groups is 1. The molecule has 0 radical (unpaired) electrons. The van der Waals surface area contributed by atoms with Crippen LogP contribution in [0.2, 0.25) is 0 Å². The summed E-state index contributed by atoms with van der Waals surface area (Å²) >= 11 is 0. The summed E-state index contributed by atoms with van der Waals surface area (Å²) in [5, 5.41) is 7.10. The topological polar surface area (TPSA) is 73.6 Å². The molecule has 4 fully saturated rings. The number of aromatic nitrogens is 1. The number of anilines is 1. The van der Waals surface area contributed by atoms with E-state index in [1.54, 1.807) is 0 Å². The van der Waals surface area contributed by atoms with Gasteiger partial charge in [0.15, 0.2) is 11.5 Å². The van der Waals surface area contributed by atoms with Crippen LogP contribution in [-0.4, -0.2) is 67.1 Å². The van der Waals surface area contributed by atoms with Crippen molar-refractivity contribution in [1.82, 2.24) is 20.5 Å². The van der Waals surface area contributed by atoms with Crippen LogP contribution in [0.5, 0.6) is 0 Å². The van der Waals surface area contributed by atoms with E-state index in [2.05, 4.69) is 43.6 Å². The molecule has 32 heavy (non-hydrogen) atoms. The lowest BCUT2D eigenvalue weighted by Crippen LogP contribution is -2.64. The molecule has 3 saturated heterocycles. The molecule has 1 aromatic heterocycles. The molecule has 5 atom stereocenters. The highest BCUT2D eigenvalue weighted by molar-refractivity contribution is 5.81. The fourth-order valence-corrected chi connectivity index (χ4v) is 6.77. The van der Waals surface area contributed by atoms with E-state index in [1.165, 1.54) is 18.5 Å². The maximum Gasteiger partial charge on any atom is 0.224 e. The Balaban J connectivity index is 1.03. The van der Waals surface area contributed by atoms with Crippen LogP contribution in [0.3, 0.4) is 0 Å². The molecule has 0 spiro atoms. The molecular weight excluding hydrogens is 402 g/mol. The van der Waals surface area contributed by atoms with Gasteiger partial charge in [0.25, 0.3) is 0 Å². The molecule has 7 heteroatoms. The van der Waals surface area contributed by atoms with Crippen LogP contribution in [0.1, 0.15) is 38.0 Å². The van der Waals surface area contributed by atoms with E-state index in [9.17, 15) is 4.79 Å². The van der Waals surface area contributed by atoms with Gasteiger partial charge in [0.1, 0.15) is 5.52 Å². The minimum Gasteiger partial charge on any atom is -0.441 e. The van der Waals surface area contributed by atoms with Crippen LogP contribution in [0, 0.1) is 24.7 Å².